The van der Waals surface area contributed by atoms with Gasteiger partial charge in [-0.2, -0.15) is 45.8 Å². The number of carbonyl (C=O) groups excluding carboxylic acids is 2. The molecule has 0 saturated heterocycles. The van der Waals surface area contributed by atoms with Gasteiger partial charge in [0.1, 0.15) is 6.72 Å². The maximum Gasteiger partial charge on any atom is 0.426 e. The molecule has 2 unspecified atom stereocenters. The molecule has 0 aliphatic carbocycles. The number of halogens is 7. The standard InChI is InChI=1S/C25H18F3N3O2.C18H13F3N3O.C7H5ClO/c1-30-15-20(19-9-5-6-10-22(19)30)24(33,25(26,27)28)18-11-12-21-17(13-18)14-29-31(21)23(32)16-7-3-2-4-8-16;1-24-10-14(13-4-2-3-5-16(13)24)17(25,18(19,20)21)12-6-7-15-11(8-12)9-22-23-15;8-7(9)6-4-2-1-3-5-6/h2-15,33H,1H3;2-10,25H,1H2,(H,22,23);1-5H/q;+1;. The summed E-state index contributed by atoms with van der Waals surface area (Å²) in [6.07, 6.45) is -4.67. The monoisotopic (exact) mass is 933 g/mol. The second kappa shape index (κ2) is 17.6. The predicted octanol–water partition coefficient (Wildman–Crippen LogP) is 10.8. The lowest BCUT2D eigenvalue weighted by atomic mass is 9.82. The highest BCUT2D eigenvalue weighted by atomic mass is 35.5. The summed E-state index contributed by atoms with van der Waals surface area (Å²) in [5, 5.41) is 33.4. The second-order valence-corrected chi connectivity index (χ2v) is 15.8. The minimum Gasteiger partial charge on any atom is -0.372 e. The minimum atomic E-state index is -5.00. The van der Waals surface area contributed by atoms with Crippen LogP contribution in [0.4, 0.5) is 32.0 Å². The molecule has 2 atom stereocenters. The van der Waals surface area contributed by atoms with Gasteiger partial charge in [0.25, 0.3) is 11.1 Å². The van der Waals surface area contributed by atoms with Crippen LogP contribution >= 0.6 is 11.6 Å². The van der Waals surface area contributed by atoms with Crippen molar-refractivity contribution in [1.29, 1.82) is 0 Å². The molecule has 3 aromatic heterocycles. The van der Waals surface area contributed by atoms with Gasteiger partial charge < -0.3 is 14.8 Å². The van der Waals surface area contributed by atoms with Crippen molar-refractivity contribution in [1.82, 2.24) is 24.5 Å². The van der Waals surface area contributed by atoms with Crippen LogP contribution in [0.15, 0.2) is 170 Å². The van der Waals surface area contributed by atoms with Crippen LogP contribution in [0.5, 0.6) is 0 Å². The van der Waals surface area contributed by atoms with Crippen molar-refractivity contribution < 1.29 is 50.7 Å². The number of carbonyl (C=O) groups is 2. The fraction of sp³-hybridized carbons (Fsp3) is 0.100. The Labute approximate surface area is 381 Å². The zero-order valence-electron chi connectivity index (χ0n) is 35.0. The number of aliphatic hydroxyl groups is 2. The van der Waals surface area contributed by atoms with Crippen molar-refractivity contribution in [2.75, 3.05) is 0 Å². The van der Waals surface area contributed by atoms with Gasteiger partial charge in [0, 0.05) is 57.7 Å². The molecule has 0 radical (unpaired) electrons. The van der Waals surface area contributed by atoms with Gasteiger partial charge in [-0.1, -0.05) is 91.0 Å². The number of hydrogen-bond donors (Lipinski definition) is 3. The lowest BCUT2D eigenvalue weighted by molar-refractivity contribution is -0.345. The van der Waals surface area contributed by atoms with Crippen LogP contribution in [0.2, 0.25) is 0 Å². The molecule has 0 saturated carbocycles. The number of aromatic amines is 1. The van der Waals surface area contributed by atoms with Crippen LogP contribution < -0.4 is 0 Å². The average Bonchev–Trinajstić information content (AvgIpc) is 4.13. The van der Waals surface area contributed by atoms with Crippen molar-refractivity contribution in [3.8, 4) is 0 Å². The van der Waals surface area contributed by atoms with E-state index in [4.69, 9.17) is 11.6 Å². The van der Waals surface area contributed by atoms with Crippen molar-refractivity contribution >= 4 is 73.4 Å². The smallest absolute Gasteiger partial charge is 0.372 e. The van der Waals surface area contributed by atoms with E-state index in [9.17, 15) is 46.1 Å². The molecule has 0 fully saturated rings. The fourth-order valence-electron chi connectivity index (χ4n) is 7.97. The van der Waals surface area contributed by atoms with E-state index < -0.39 is 34.7 Å². The van der Waals surface area contributed by atoms with E-state index in [1.54, 1.807) is 115 Å². The highest BCUT2D eigenvalue weighted by molar-refractivity contribution is 6.67. The third-order valence-electron chi connectivity index (χ3n) is 11.3. The first-order valence-corrected chi connectivity index (χ1v) is 20.5. The van der Waals surface area contributed by atoms with Gasteiger partial charge in [0.2, 0.25) is 16.9 Å². The van der Waals surface area contributed by atoms with Crippen LogP contribution in [-0.2, 0) is 18.2 Å². The molecular formula is C50H36ClF6N6O4+. The van der Waals surface area contributed by atoms with E-state index in [0.717, 1.165) is 4.68 Å². The maximum absolute atomic E-state index is 14.4. The summed E-state index contributed by atoms with van der Waals surface area (Å²) in [5.74, 6) is -0.404. The number of H-pyrrole nitrogens is 1. The summed E-state index contributed by atoms with van der Waals surface area (Å²) in [7, 11) is 1.63. The molecule has 1 aliphatic rings. The Balaban J connectivity index is 0.000000157. The highest BCUT2D eigenvalue weighted by Gasteiger charge is 2.61. The quantitative estimate of drug-likeness (QED) is 0.0865. The zero-order valence-corrected chi connectivity index (χ0v) is 35.7. The number of nitrogens with one attached hydrogen (secondary N) is 1. The number of hydrogen-bond acceptors (Lipinski definition) is 6. The molecule has 67 heavy (non-hydrogen) atoms. The number of nitrogens with zero attached hydrogens (tertiary/aromatic N) is 5. The maximum atomic E-state index is 14.4. The van der Waals surface area contributed by atoms with Gasteiger partial charge in [-0.05, 0) is 71.3 Å². The van der Waals surface area contributed by atoms with Crippen molar-refractivity contribution in [3.05, 3.63) is 204 Å². The molecule has 6 aromatic carbocycles. The molecule has 17 heteroatoms. The van der Waals surface area contributed by atoms with Crippen LogP contribution in [-0.4, -0.2) is 69.6 Å². The Kier molecular flexibility index (Phi) is 12.1. The lowest BCUT2D eigenvalue weighted by Gasteiger charge is -2.31. The SMILES string of the molecule is C=[N+]1C=C(C(O)(c2ccc3[nH]ncc3c2)C(F)(F)F)c2ccccc21.Cn1cc(C(O)(c2ccc3c(cnn3C(=O)c3ccccc3)c2)C(F)(F)F)c2ccccc21.O=C(Cl)c1ccccc1. The van der Waals surface area contributed by atoms with Gasteiger partial charge in [-0.3, -0.25) is 14.7 Å². The van der Waals surface area contributed by atoms with Crippen LogP contribution in [0.25, 0.3) is 38.3 Å². The molecular weight excluding hydrogens is 898 g/mol. The van der Waals surface area contributed by atoms with E-state index in [1.165, 1.54) is 65.8 Å². The number of rotatable bonds is 6. The lowest BCUT2D eigenvalue weighted by Crippen LogP contribution is -2.43. The molecule has 1 aliphatic heterocycles. The Morgan fingerprint density at radius 3 is 1.93 bits per heavy atom. The van der Waals surface area contributed by atoms with E-state index >= 15 is 0 Å². The molecule has 9 aromatic rings. The number of aromatic nitrogens is 5. The molecule has 0 spiro atoms. The first kappa shape index (κ1) is 45.9. The Morgan fingerprint density at radius 1 is 0.687 bits per heavy atom. The molecule has 10 rings (SSSR count). The van der Waals surface area contributed by atoms with Crippen LogP contribution in [0.1, 0.15) is 43.0 Å². The summed E-state index contributed by atoms with van der Waals surface area (Å²) < 4.78 is 89.4. The number of benzene rings is 6. The summed E-state index contributed by atoms with van der Waals surface area (Å²) in [6, 6.07) is 38.1. The predicted molar refractivity (Wildman–Crippen MR) is 242 cm³/mol. The molecule has 3 N–H and O–H groups in total. The van der Waals surface area contributed by atoms with Gasteiger partial charge in [-0.25, -0.2) is 0 Å². The molecule has 4 heterocycles. The summed E-state index contributed by atoms with van der Waals surface area (Å²) in [5.41, 5.74) is -4.33. The molecule has 0 amide bonds. The van der Waals surface area contributed by atoms with Gasteiger partial charge in [0.15, 0.2) is 6.20 Å². The van der Waals surface area contributed by atoms with Gasteiger partial charge >= 0.3 is 12.4 Å². The number of fused-ring (bicyclic) bond motifs is 4. The largest absolute Gasteiger partial charge is 0.426 e. The van der Waals surface area contributed by atoms with Crippen molar-refractivity contribution in [2.45, 2.75) is 23.6 Å². The fourth-order valence-corrected chi connectivity index (χ4v) is 8.09. The molecule has 0 bridgehead atoms. The third-order valence-corrected chi connectivity index (χ3v) is 11.6. The summed E-state index contributed by atoms with van der Waals surface area (Å²) in [6.45, 7) is 3.72. The van der Waals surface area contributed by atoms with E-state index in [2.05, 4.69) is 22.0 Å². The summed E-state index contributed by atoms with van der Waals surface area (Å²) >= 11 is 5.16. The average molecular weight is 934 g/mol. The first-order chi connectivity index (χ1) is 31.8. The van der Waals surface area contributed by atoms with Crippen LogP contribution in [0.3, 0.4) is 0 Å². The second-order valence-electron chi connectivity index (χ2n) is 15.4. The topological polar surface area (TPSA) is 129 Å². The molecule has 10 nitrogen and oxygen atoms in total. The minimum absolute atomic E-state index is 0.256. The summed E-state index contributed by atoms with van der Waals surface area (Å²) in [4.78, 5) is 23.2. The normalized spacial score (nSPS) is 14.3. The van der Waals surface area contributed by atoms with E-state index in [-0.39, 0.29) is 22.3 Å². The first-order valence-electron chi connectivity index (χ1n) is 20.1. The van der Waals surface area contributed by atoms with Gasteiger partial charge in [-0.15, -0.1) is 0 Å². The third kappa shape index (κ3) is 8.30. The number of alkyl halides is 6. The highest BCUT2D eigenvalue weighted by Crippen LogP contribution is 2.52. The Bertz CT molecular complexity index is 3360. The van der Waals surface area contributed by atoms with Crippen molar-refractivity contribution in [3.63, 3.8) is 0 Å². The Hall–Kier alpha value is -7.66. The molecule has 338 valence electrons. The Morgan fingerprint density at radius 2 is 1.27 bits per heavy atom. The zero-order chi connectivity index (χ0) is 47.9. The van der Waals surface area contributed by atoms with Gasteiger partial charge in [0.05, 0.1) is 34.6 Å². The van der Waals surface area contributed by atoms with Crippen molar-refractivity contribution in [2.24, 2.45) is 7.05 Å². The van der Waals surface area contributed by atoms with Crippen LogP contribution in [0, 0.1) is 0 Å². The number of para-hydroxylation sites is 2. The number of aryl methyl sites for hydroxylation is 1. The van der Waals surface area contributed by atoms with E-state index in [1.807, 2.05) is 6.07 Å². The van der Waals surface area contributed by atoms with E-state index in [0.29, 0.717) is 55.1 Å².